The highest BCUT2D eigenvalue weighted by Crippen LogP contribution is 2.27. The molecule has 0 saturated heterocycles. The van der Waals surface area contributed by atoms with Crippen LogP contribution in [0.3, 0.4) is 0 Å². The van der Waals surface area contributed by atoms with E-state index in [1.807, 2.05) is 32.0 Å². The Kier molecular flexibility index (Phi) is 3.53. The third-order valence-corrected chi connectivity index (χ3v) is 3.43. The number of carbonyl (C=O) groups is 1. The van der Waals surface area contributed by atoms with E-state index >= 15 is 0 Å². The molecule has 18 heavy (non-hydrogen) atoms. The summed E-state index contributed by atoms with van der Waals surface area (Å²) in [4.78, 5) is 15.4. The number of carbonyl (C=O) groups excluding carboxylic acids is 1. The number of rotatable bonds is 3. The van der Waals surface area contributed by atoms with Crippen molar-refractivity contribution >= 4 is 28.4 Å². The number of fused-ring (bicyclic) bond motifs is 1. The van der Waals surface area contributed by atoms with Gasteiger partial charge in [-0.2, -0.15) is 0 Å². The van der Waals surface area contributed by atoms with Crippen LogP contribution >= 0.6 is 11.6 Å². The lowest BCUT2D eigenvalue weighted by Gasteiger charge is -2.10. The lowest BCUT2D eigenvalue weighted by molar-refractivity contribution is -0.117. The number of hydrogen-bond donors (Lipinski definition) is 1. The second-order valence-corrected chi connectivity index (χ2v) is 4.86. The molecule has 0 radical (unpaired) electrons. The molecule has 4 heteroatoms. The Balaban J connectivity index is 2.59. The van der Waals surface area contributed by atoms with Gasteiger partial charge < -0.3 is 5.73 Å². The first-order chi connectivity index (χ1) is 8.49. The van der Waals surface area contributed by atoms with Crippen molar-refractivity contribution in [3.63, 3.8) is 0 Å². The van der Waals surface area contributed by atoms with Crippen LogP contribution in [-0.4, -0.2) is 10.9 Å². The number of primary amides is 1. The average Bonchev–Trinajstić information content (AvgIpc) is 2.31. The fourth-order valence-electron chi connectivity index (χ4n) is 2.08. The van der Waals surface area contributed by atoms with Crippen LogP contribution in [0.2, 0.25) is 5.02 Å². The molecule has 94 valence electrons. The summed E-state index contributed by atoms with van der Waals surface area (Å²) < 4.78 is 0. The van der Waals surface area contributed by atoms with E-state index < -0.39 is 0 Å². The van der Waals surface area contributed by atoms with Crippen molar-refractivity contribution in [1.29, 1.82) is 0 Å². The van der Waals surface area contributed by atoms with Crippen LogP contribution in [0.4, 0.5) is 0 Å². The van der Waals surface area contributed by atoms with Crippen molar-refractivity contribution in [3.05, 3.63) is 40.0 Å². The van der Waals surface area contributed by atoms with Gasteiger partial charge in [0.1, 0.15) is 0 Å². The quantitative estimate of drug-likeness (QED) is 0.925. The van der Waals surface area contributed by atoms with E-state index in [4.69, 9.17) is 17.3 Å². The lowest BCUT2D eigenvalue weighted by atomic mass is 10.0. The highest BCUT2D eigenvalue weighted by atomic mass is 35.5. The maximum atomic E-state index is 10.9. The number of aryl methyl sites for hydroxylation is 3. The Labute approximate surface area is 111 Å². The molecule has 0 fully saturated rings. The first-order valence-corrected chi connectivity index (χ1v) is 6.20. The summed E-state index contributed by atoms with van der Waals surface area (Å²) >= 11 is 6.11. The summed E-state index contributed by atoms with van der Waals surface area (Å²) in [6, 6.07) is 5.82. The first kappa shape index (κ1) is 12.8. The van der Waals surface area contributed by atoms with Crippen LogP contribution in [0.15, 0.2) is 18.2 Å². The number of amides is 1. The van der Waals surface area contributed by atoms with Crippen molar-refractivity contribution in [2.75, 3.05) is 0 Å². The number of aromatic nitrogens is 1. The Bertz CT molecular complexity index is 623. The van der Waals surface area contributed by atoms with Crippen LogP contribution < -0.4 is 5.73 Å². The monoisotopic (exact) mass is 262 g/mol. The Morgan fingerprint density at radius 1 is 1.39 bits per heavy atom. The van der Waals surface area contributed by atoms with Gasteiger partial charge in [0.2, 0.25) is 5.91 Å². The normalized spacial score (nSPS) is 10.8. The highest BCUT2D eigenvalue weighted by molar-refractivity contribution is 6.32. The van der Waals surface area contributed by atoms with Gasteiger partial charge in [-0.1, -0.05) is 17.7 Å². The molecule has 0 aliphatic carbocycles. The molecular formula is C14H15ClN2O. The molecule has 0 unspecified atom stereocenters. The Morgan fingerprint density at radius 3 is 2.78 bits per heavy atom. The molecule has 1 aromatic heterocycles. The minimum absolute atomic E-state index is 0.289. The van der Waals surface area contributed by atoms with Crippen LogP contribution in [0.25, 0.3) is 10.9 Å². The molecule has 0 bridgehead atoms. The van der Waals surface area contributed by atoms with Gasteiger partial charge in [0.25, 0.3) is 0 Å². The standard InChI is InChI=1S/C14H15ClN2O/c1-8-7-10(3-6-13(16)18)11-4-5-12(15)9(2)14(11)17-8/h4-5,7H,3,6H2,1-2H3,(H2,16,18). The van der Waals surface area contributed by atoms with Gasteiger partial charge >= 0.3 is 0 Å². The van der Waals surface area contributed by atoms with Crippen LogP contribution in [0.1, 0.15) is 23.2 Å². The largest absolute Gasteiger partial charge is 0.370 e. The molecule has 1 aromatic carbocycles. The van der Waals surface area contributed by atoms with Crippen molar-refractivity contribution in [2.24, 2.45) is 5.73 Å². The third kappa shape index (κ3) is 2.46. The van der Waals surface area contributed by atoms with Gasteiger partial charge in [0, 0.05) is 22.5 Å². The van der Waals surface area contributed by atoms with Gasteiger partial charge in [-0.15, -0.1) is 0 Å². The van der Waals surface area contributed by atoms with Gasteiger partial charge in [-0.3, -0.25) is 9.78 Å². The molecule has 2 N–H and O–H groups in total. The Hall–Kier alpha value is -1.61. The Morgan fingerprint density at radius 2 is 2.11 bits per heavy atom. The van der Waals surface area contributed by atoms with Crippen molar-refractivity contribution < 1.29 is 4.79 Å². The number of pyridine rings is 1. The zero-order valence-electron chi connectivity index (χ0n) is 10.5. The van der Waals surface area contributed by atoms with E-state index in [2.05, 4.69) is 4.98 Å². The molecule has 0 aliphatic rings. The second kappa shape index (κ2) is 4.94. The molecule has 0 spiro atoms. The minimum atomic E-state index is -0.289. The molecule has 0 atom stereocenters. The molecule has 1 heterocycles. The predicted molar refractivity (Wildman–Crippen MR) is 73.7 cm³/mol. The van der Waals surface area contributed by atoms with E-state index in [1.165, 1.54) is 0 Å². The summed E-state index contributed by atoms with van der Waals surface area (Å²) in [7, 11) is 0. The number of hydrogen-bond acceptors (Lipinski definition) is 2. The maximum absolute atomic E-state index is 10.9. The smallest absolute Gasteiger partial charge is 0.217 e. The minimum Gasteiger partial charge on any atom is -0.370 e. The van der Waals surface area contributed by atoms with Crippen molar-refractivity contribution in [1.82, 2.24) is 4.98 Å². The number of benzene rings is 1. The van der Waals surface area contributed by atoms with Crippen molar-refractivity contribution in [3.8, 4) is 0 Å². The number of halogens is 1. The fraction of sp³-hybridized carbons (Fsp3) is 0.286. The van der Waals surface area contributed by atoms with Gasteiger partial charge in [-0.25, -0.2) is 0 Å². The second-order valence-electron chi connectivity index (χ2n) is 4.46. The van der Waals surface area contributed by atoms with Gasteiger partial charge in [0.15, 0.2) is 0 Å². The SMILES string of the molecule is Cc1cc(CCC(N)=O)c2ccc(Cl)c(C)c2n1. The van der Waals surface area contributed by atoms with E-state index in [0.717, 1.165) is 27.7 Å². The zero-order chi connectivity index (χ0) is 13.3. The lowest BCUT2D eigenvalue weighted by Crippen LogP contribution is -2.11. The number of nitrogens with zero attached hydrogens (tertiary/aromatic N) is 1. The molecule has 3 nitrogen and oxygen atoms in total. The molecule has 0 saturated carbocycles. The van der Waals surface area contributed by atoms with Gasteiger partial charge in [-0.05, 0) is 43.5 Å². The molecule has 1 amide bonds. The fourth-order valence-corrected chi connectivity index (χ4v) is 2.23. The molecule has 2 rings (SSSR count). The molecule has 0 aliphatic heterocycles. The van der Waals surface area contributed by atoms with E-state index in [9.17, 15) is 4.79 Å². The van der Waals surface area contributed by atoms with Crippen LogP contribution in [-0.2, 0) is 11.2 Å². The van der Waals surface area contributed by atoms with E-state index in [-0.39, 0.29) is 5.91 Å². The highest BCUT2D eigenvalue weighted by Gasteiger charge is 2.09. The van der Waals surface area contributed by atoms with Crippen LogP contribution in [0.5, 0.6) is 0 Å². The molecular weight excluding hydrogens is 248 g/mol. The topological polar surface area (TPSA) is 56.0 Å². The third-order valence-electron chi connectivity index (χ3n) is 3.02. The average molecular weight is 263 g/mol. The van der Waals surface area contributed by atoms with Crippen molar-refractivity contribution in [2.45, 2.75) is 26.7 Å². The maximum Gasteiger partial charge on any atom is 0.217 e. The van der Waals surface area contributed by atoms with Crippen LogP contribution in [0, 0.1) is 13.8 Å². The summed E-state index contributed by atoms with van der Waals surface area (Å²) in [6.45, 7) is 3.89. The van der Waals surface area contributed by atoms with Gasteiger partial charge in [0.05, 0.1) is 5.52 Å². The predicted octanol–water partition coefficient (Wildman–Crippen LogP) is 2.92. The van der Waals surface area contributed by atoms with E-state index in [0.29, 0.717) is 17.9 Å². The first-order valence-electron chi connectivity index (χ1n) is 5.82. The summed E-state index contributed by atoms with van der Waals surface area (Å²) in [5, 5.41) is 1.75. The summed E-state index contributed by atoms with van der Waals surface area (Å²) in [6.07, 6.45) is 0.983. The summed E-state index contributed by atoms with van der Waals surface area (Å²) in [5.41, 5.74) is 9.09. The summed E-state index contributed by atoms with van der Waals surface area (Å²) in [5.74, 6) is -0.289. The zero-order valence-corrected chi connectivity index (χ0v) is 11.2. The van der Waals surface area contributed by atoms with E-state index in [1.54, 1.807) is 0 Å². The number of nitrogens with two attached hydrogens (primary N) is 1. The molecule has 2 aromatic rings.